The molecule has 2 atom stereocenters. The van der Waals surface area contributed by atoms with Gasteiger partial charge in [-0.3, -0.25) is 4.79 Å². The number of nitrogens with zero attached hydrogens (tertiary/aromatic N) is 3. The summed E-state index contributed by atoms with van der Waals surface area (Å²) in [5.41, 5.74) is 2.66. The normalized spacial score (nSPS) is 25.5. The second-order valence-electron chi connectivity index (χ2n) is 8.10. The number of amides is 1. The molecule has 8 heteroatoms. The summed E-state index contributed by atoms with van der Waals surface area (Å²) >= 11 is 9.15. The monoisotopic (exact) mass is 464 g/mol. The van der Waals surface area contributed by atoms with Crippen molar-refractivity contribution in [2.75, 3.05) is 26.2 Å². The third-order valence-electron chi connectivity index (χ3n) is 6.61. The highest BCUT2D eigenvalue weighted by atomic mass is 79.9. The first kappa shape index (κ1) is 18.5. The fourth-order valence-electron chi connectivity index (χ4n) is 5.03. The lowest BCUT2D eigenvalue weighted by atomic mass is 9.93. The van der Waals surface area contributed by atoms with Gasteiger partial charge in [0, 0.05) is 67.0 Å². The number of nitrogens with one attached hydrogen (secondary N) is 1. The van der Waals surface area contributed by atoms with Gasteiger partial charge in [-0.1, -0.05) is 15.9 Å². The van der Waals surface area contributed by atoms with E-state index in [4.69, 9.17) is 12.2 Å². The molecule has 1 saturated carbocycles. The van der Waals surface area contributed by atoms with E-state index in [2.05, 4.69) is 25.8 Å². The Bertz CT molecular complexity index is 1040. The molecule has 5 nitrogen and oxygen atoms in total. The molecule has 5 rings (SSSR count). The van der Waals surface area contributed by atoms with Crippen molar-refractivity contribution in [3.63, 3.8) is 0 Å². The lowest BCUT2D eigenvalue weighted by molar-refractivity contribution is -0.131. The molecule has 2 aromatic rings. The van der Waals surface area contributed by atoms with Crippen molar-refractivity contribution in [3.8, 4) is 0 Å². The van der Waals surface area contributed by atoms with Crippen LogP contribution < -0.4 is 5.32 Å². The zero-order valence-electron chi connectivity index (χ0n) is 15.7. The molecule has 1 aliphatic carbocycles. The summed E-state index contributed by atoms with van der Waals surface area (Å²) in [7, 11) is 1.94. The predicted octanol–water partition coefficient (Wildman–Crippen LogP) is 2.87. The summed E-state index contributed by atoms with van der Waals surface area (Å²) in [5, 5.41) is 3.28. The molecule has 1 aromatic heterocycles. The van der Waals surface area contributed by atoms with Crippen LogP contribution in [0.5, 0.6) is 0 Å². The second-order valence-corrected chi connectivity index (χ2v) is 9.39. The number of imidazole rings is 1. The number of piperazine rings is 1. The summed E-state index contributed by atoms with van der Waals surface area (Å²) in [6.07, 6.45) is 1.27. The van der Waals surface area contributed by atoms with Gasteiger partial charge in [0.2, 0.25) is 5.91 Å². The van der Waals surface area contributed by atoms with Crippen molar-refractivity contribution in [1.82, 2.24) is 19.4 Å². The molecule has 3 heterocycles. The van der Waals surface area contributed by atoms with Gasteiger partial charge >= 0.3 is 0 Å². The first-order valence-corrected chi connectivity index (χ1v) is 10.8. The third kappa shape index (κ3) is 2.64. The highest BCUT2D eigenvalue weighted by molar-refractivity contribution is 9.10. The van der Waals surface area contributed by atoms with E-state index in [9.17, 15) is 9.18 Å². The zero-order chi connectivity index (χ0) is 19.6. The maximum Gasteiger partial charge on any atom is 0.228 e. The van der Waals surface area contributed by atoms with E-state index in [0.717, 1.165) is 58.8 Å². The van der Waals surface area contributed by atoms with Crippen LogP contribution in [-0.2, 0) is 30.2 Å². The molecule has 2 fully saturated rings. The largest absolute Gasteiger partial charge is 0.340 e. The maximum atomic E-state index is 14.6. The van der Waals surface area contributed by atoms with Crippen molar-refractivity contribution < 1.29 is 9.18 Å². The van der Waals surface area contributed by atoms with E-state index in [1.165, 1.54) is 6.07 Å². The van der Waals surface area contributed by atoms with E-state index < -0.39 is 0 Å². The van der Waals surface area contributed by atoms with Gasteiger partial charge in [-0.05, 0) is 42.4 Å². The Hall–Kier alpha value is -1.51. The second kappa shape index (κ2) is 6.50. The van der Waals surface area contributed by atoms with Crippen LogP contribution in [0.15, 0.2) is 22.7 Å². The molecular formula is C20H22BrFN4OS. The van der Waals surface area contributed by atoms with Crippen molar-refractivity contribution in [2.24, 2.45) is 7.05 Å². The highest BCUT2D eigenvalue weighted by Crippen LogP contribution is 2.66. The number of hydrogen-bond donors (Lipinski definition) is 1. The minimum absolute atomic E-state index is 0.146. The van der Waals surface area contributed by atoms with Crippen molar-refractivity contribution in [1.29, 1.82) is 0 Å². The predicted molar refractivity (Wildman–Crippen MR) is 111 cm³/mol. The van der Waals surface area contributed by atoms with Crippen LogP contribution >= 0.6 is 28.1 Å². The van der Waals surface area contributed by atoms with Crippen LogP contribution in [0.3, 0.4) is 0 Å². The van der Waals surface area contributed by atoms with Crippen molar-refractivity contribution in [3.05, 3.63) is 50.2 Å². The Morgan fingerprint density at radius 2 is 2.14 bits per heavy atom. The van der Waals surface area contributed by atoms with Crippen molar-refractivity contribution in [2.45, 2.75) is 30.7 Å². The van der Waals surface area contributed by atoms with Crippen LogP contribution in [-0.4, -0.2) is 46.1 Å². The Morgan fingerprint density at radius 1 is 1.39 bits per heavy atom. The minimum Gasteiger partial charge on any atom is -0.340 e. The number of hydrogen-bond acceptors (Lipinski definition) is 3. The lowest BCUT2D eigenvalue weighted by Gasteiger charge is -2.27. The lowest BCUT2D eigenvalue weighted by Crippen LogP contribution is -2.47. The molecular weight excluding hydrogens is 443 g/mol. The molecule has 1 N–H and O–H groups in total. The van der Waals surface area contributed by atoms with Crippen LogP contribution in [0.1, 0.15) is 29.3 Å². The Kier molecular flexibility index (Phi) is 4.30. The van der Waals surface area contributed by atoms with Gasteiger partial charge in [0.15, 0.2) is 4.77 Å². The first-order valence-electron chi connectivity index (χ1n) is 9.65. The molecule has 0 spiro atoms. The summed E-state index contributed by atoms with van der Waals surface area (Å²) in [6, 6.07) is 5.16. The molecule has 0 bridgehead atoms. The average Bonchev–Trinajstić information content (AvgIpc) is 3.26. The van der Waals surface area contributed by atoms with Crippen LogP contribution in [0.25, 0.3) is 0 Å². The van der Waals surface area contributed by atoms with E-state index in [-0.39, 0.29) is 23.1 Å². The molecule has 2 aliphatic heterocycles. The van der Waals surface area contributed by atoms with Gasteiger partial charge in [0.25, 0.3) is 0 Å². The summed E-state index contributed by atoms with van der Waals surface area (Å²) in [4.78, 5) is 14.8. The molecule has 0 unspecified atom stereocenters. The average molecular weight is 465 g/mol. The number of rotatable bonds is 3. The summed E-state index contributed by atoms with van der Waals surface area (Å²) in [5.74, 6) is 0.211. The number of benzene rings is 1. The quantitative estimate of drug-likeness (QED) is 0.710. The van der Waals surface area contributed by atoms with E-state index in [1.54, 1.807) is 6.07 Å². The molecule has 1 saturated heterocycles. The molecule has 0 radical (unpaired) electrons. The van der Waals surface area contributed by atoms with Crippen molar-refractivity contribution >= 4 is 34.1 Å². The third-order valence-corrected chi connectivity index (χ3v) is 7.60. The topological polar surface area (TPSA) is 42.2 Å². The smallest absolute Gasteiger partial charge is 0.228 e. The van der Waals surface area contributed by atoms with Gasteiger partial charge in [-0.2, -0.15) is 0 Å². The van der Waals surface area contributed by atoms with Gasteiger partial charge in [0.05, 0.1) is 6.42 Å². The summed E-state index contributed by atoms with van der Waals surface area (Å²) < 4.78 is 20.3. The number of fused-ring (bicyclic) bond motifs is 3. The Morgan fingerprint density at radius 3 is 2.89 bits per heavy atom. The van der Waals surface area contributed by atoms with Crippen LogP contribution in [0, 0.1) is 10.6 Å². The fourth-order valence-corrected chi connectivity index (χ4v) is 5.66. The minimum atomic E-state index is -0.224. The molecule has 148 valence electrons. The Labute approximate surface area is 176 Å². The highest BCUT2D eigenvalue weighted by Gasteiger charge is 2.63. The number of halogens is 2. The van der Waals surface area contributed by atoms with Gasteiger partial charge in [0.1, 0.15) is 5.82 Å². The number of carbonyl (C=O) groups excluding carboxylic acids is 1. The first-order chi connectivity index (χ1) is 13.4. The molecule has 28 heavy (non-hydrogen) atoms. The van der Waals surface area contributed by atoms with Gasteiger partial charge in [-0.25, -0.2) is 4.39 Å². The van der Waals surface area contributed by atoms with Gasteiger partial charge < -0.3 is 19.4 Å². The summed E-state index contributed by atoms with van der Waals surface area (Å²) in [6.45, 7) is 3.86. The van der Waals surface area contributed by atoms with Gasteiger partial charge in [-0.15, -0.1) is 0 Å². The fraction of sp³-hybridized carbons (Fsp3) is 0.500. The number of carbonyl (C=O) groups is 1. The SMILES string of the molecule is Cn1c(CC(=O)N2CCNCC2)c2n(c1=S)C[C@@]1(c3cc(Br)ccc3F)C[C@@H]21. The molecule has 1 amide bonds. The van der Waals surface area contributed by atoms with Crippen LogP contribution in [0.2, 0.25) is 0 Å². The molecule has 1 aromatic carbocycles. The standard InChI is InChI=1S/C20H22BrFN4OS/c1-24-16(9-17(27)25-6-4-23-5-7-25)18-14-10-20(14,11-26(18)19(24)28)13-8-12(21)2-3-15(13)22/h2-3,8,14,23H,4-7,9-11H2,1H3/t14-,20+/m0/s1. The van der Waals surface area contributed by atoms with E-state index >= 15 is 0 Å². The van der Waals surface area contributed by atoms with E-state index in [1.807, 2.05) is 22.6 Å². The Balaban J connectivity index is 1.49. The number of aromatic nitrogens is 2. The van der Waals surface area contributed by atoms with Crippen LogP contribution in [0.4, 0.5) is 4.39 Å². The molecule has 3 aliphatic rings. The maximum absolute atomic E-state index is 14.6. The zero-order valence-corrected chi connectivity index (χ0v) is 18.1. The van der Waals surface area contributed by atoms with E-state index in [0.29, 0.717) is 13.0 Å².